The normalized spacial score (nSPS) is 12.8. The zero-order valence-electron chi connectivity index (χ0n) is 11.7. The molecule has 3 N–H and O–H groups in total. The average molecular weight is 268 g/mol. The van der Waals surface area contributed by atoms with E-state index in [2.05, 4.69) is 29.9 Å². The van der Waals surface area contributed by atoms with Crippen molar-refractivity contribution in [1.82, 2.24) is 5.43 Å². The van der Waals surface area contributed by atoms with Crippen LogP contribution in [0.4, 0.5) is 0 Å². The van der Waals surface area contributed by atoms with Gasteiger partial charge in [0.25, 0.3) is 0 Å². The molecule has 1 heterocycles. The van der Waals surface area contributed by atoms with Gasteiger partial charge in [0.15, 0.2) is 0 Å². The first-order chi connectivity index (χ1) is 8.86. The fraction of sp³-hybridized carbons (Fsp3) is 0.733. The number of nitrogens with one attached hydrogen (secondary N) is 1. The highest BCUT2D eigenvalue weighted by Crippen LogP contribution is 2.15. The lowest BCUT2D eigenvalue weighted by atomic mass is 10.0. The Balaban J connectivity index is 2.01. The molecule has 0 aliphatic rings. The maximum Gasteiger partial charge on any atom is 0.0258 e. The molecule has 2 nitrogen and oxygen atoms in total. The number of unbranched alkanes of at least 4 members (excludes halogenated alkanes) is 6. The molecule has 0 aliphatic heterocycles. The van der Waals surface area contributed by atoms with Gasteiger partial charge in [-0.2, -0.15) is 0 Å². The van der Waals surface area contributed by atoms with Gasteiger partial charge in [0.05, 0.1) is 0 Å². The van der Waals surface area contributed by atoms with Crippen molar-refractivity contribution < 1.29 is 0 Å². The Hall–Kier alpha value is -0.380. The molecule has 0 fully saturated rings. The minimum Gasteiger partial charge on any atom is -0.271 e. The minimum atomic E-state index is 0.444. The van der Waals surface area contributed by atoms with Crippen molar-refractivity contribution in [3.8, 4) is 0 Å². The minimum absolute atomic E-state index is 0.444. The van der Waals surface area contributed by atoms with Crippen molar-refractivity contribution in [2.24, 2.45) is 5.84 Å². The van der Waals surface area contributed by atoms with Crippen molar-refractivity contribution in [3.05, 3.63) is 22.4 Å². The van der Waals surface area contributed by atoms with E-state index in [4.69, 9.17) is 5.84 Å². The lowest BCUT2D eigenvalue weighted by Crippen LogP contribution is -2.36. The smallest absolute Gasteiger partial charge is 0.0258 e. The standard InChI is InChI=1S/C15H28N2S/c1-2-3-4-5-6-7-8-10-14(17-16)13-15-11-9-12-18-15/h9,11-12,14,17H,2-8,10,13,16H2,1H3. The summed E-state index contributed by atoms with van der Waals surface area (Å²) in [6.07, 6.45) is 11.8. The molecule has 1 unspecified atom stereocenters. The Kier molecular flexibility index (Phi) is 9.17. The monoisotopic (exact) mass is 268 g/mol. The van der Waals surface area contributed by atoms with Gasteiger partial charge in [0, 0.05) is 10.9 Å². The molecule has 1 aromatic rings. The maximum absolute atomic E-state index is 5.62. The van der Waals surface area contributed by atoms with Crippen LogP contribution in [0.15, 0.2) is 17.5 Å². The van der Waals surface area contributed by atoms with Crippen LogP contribution in [0.25, 0.3) is 0 Å². The molecular formula is C15H28N2S. The van der Waals surface area contributed by atoms with Crippen LogP contribution < -0.4 is 11.3 Å². The van der Waals surface area contributed by atoms with Crippen LogP contribution in [0.3, 0.4) is 0 Å². The van der Waals surface area contributed by atoms with Gasteiger partial charge in [0.1, 0.15) is 0 Å². The molecule has 0 bridgehead atoms. The van der Waals surface area contributed by atoms with Gasteiger partial charge < -0.3 is 0 Å². The van der Waals surface area contributed by atoms with E-state index >= 15 is 0 Å². The predicted molar refractivity (Wildman–Crippen MR) is 81.7 cm³/mol. The molecule has 0 radical (unpaired) electrons. The summed E-state index contributed by atoms with van der Waals surface area (Å²) in [5.74, 6) is 5.62. The molecule has 0 aromatic carbocycles. The van der Waals surface area contributed by atoms with Crippen LogP contribution in [-0.2, 0) is 6.42 Å². The quantitative estimate of drug-likeness (QED) is 0.357. The average Bonchev–Trinajstić information content (AvgIpc) is 2.89. The van der Waals surface area contributed by atoms with Gasteiger partial charge in [-0.15, -0.1) is 11.3 Å². The Morgan fingerprint density at radius 1 is 1.17 bits per heavy atom. The number of hydrazine groups is 1. The van der Waals surface area contributed by atoms with E-state index < -0.39 is 0 Å². The summed E-state index contributed by atoms with van der Waals surface area (Å²) in [7, 11) is 0. The Morgan fingerprint density at radius 3 is 2.50 bits per heavy atom. The topological polar surface area (TPSA) is 38.0 Å². The van der Waals surface area contributed by atoms with E-state index in [1.54, 1.807) is 0 Å². The van der Waals surface area contributed by atoms with Gasteiger partial charge in [-0.1, -0.05) is 57.9 Å². The number of nitrogens with two attached hydrogens (primary N) is 1. The summed E-state index contributed by atoms with van der Waals surface area (Å²) in [5, 5.41) is 2.14. The zero-order chi connectivity index (χ0) is 13.1. The summed E-state index contributed by atoms with van der Waals surface area (Å²) >= 11 is 1.82. The Morgan fingerprint density at radius 2 is 1.89 bits per heavy atom. The molecule has 0 saturated heterocycles. The van der Waals surface area contributed by atoms with Crippen molar-refractivity contribution in [1.29, 1.82) is 0 Å². The predicted octanol–water partition coefficient (Wildman–Crippen LogP) is 4.26. The molecule has 0 amide bonds. The third-order valence-corrected chi connectivity index (χ3v) is 4.32. The third kappa shape index (κ3) is 7.14. The van der Waals surface area contributed by atoms with Gasteiger partial charge in [-0.3, -0.25) is 11.3 Å². The van der Waals surface area contributed by atoms with Crippen LogP contribution in [-0.4, -0.2) is 6.04 Å². The maximum atomic E-state index is 5.62. The summed E-state index contributed by atoms with van der Waals surface area (Å²) in [6, 6.07) is 4.75. The molecule has 0 spiro atoms. The summed E-state index contributed by atoms with van der Waals surface area (Å²) < 4.78 is 0. The number of rotatable bonds is 11. The molecule has 1 rings (SSSR count). The highest BCUT2D eigenvalue weighted by molar-refractivity contribution is 7.09. The number of hydrogen-bond acceptors (Lipinski definition) is 3. The molecule has 18 heavy (non-hydrogen) atoms. The molecule has 0 saturated carbocycles. The molecule has 104 valence electrons. The number of hydrogen-bond donors (Lipinski definition) is 2. The first-order valence-corrected chi connectivity index (χ1v) is 8.23. The molecule has 3 heteroatoms. The van der Waals surface area contributed by atoms with E-state index in [9.17, 15) is 0 Å². The van der Waals surface area contributed by atoms with Gasteiger partial charge in [-0.25, -0.2) is 0 Å². The lowest BCUT2D eigenvalue weighted by molar-refractivity contribution is 0.460. The SMILES string of the molecule is CCCCCCCCCC(Cc1cccs1)NN. The second-order valence-corrected chi connectivity index (χ2v) is 6.09. The van der Waals surface area contributed by atoms with Crippen molar-refractivity contribution in [2.45, 2.75) is 70.8 Å². The van der Waals surface area contributed by atoms with Gasteiger partial charge in [-0.05, 0) is 24.3 Å². The van der Waals surface area contributed by atoms with Gasteiger partial charge >= 0.3 is 0 Å². The first-order valence-electron chi connectivity index (χ1n) is 7.35. The van der Waals surface area contributed by atoms with E-state index in [-0.39, 0.29) is 0 Å². The number of thiophene rings is 1. The van der Waals surface area contributed by atoms with E-state index in [1.165, 1.54) is 56.2 Å². The van der Waals surface area contributed by atoms with Crippen LogP contribution in [0.2, 0.25) is 0 Å². The van der Waals surface area contributed by atoms with Crippen molar-refractivity contribution in [3.63, 3.8) is 0 Å². The molecule has 1 atom stereocenters. The summed E-state index contributed by atoms with van der Waals surface area (Å²) in [5.41, 5.74) is 2.96. The van der Waals surface area contributed by atoms with E-state index in [1.807, 2.05) is 11.3 Å². The fourth-order valence-corrected chi connectivity index (χ4v) is 3.05. The highest BCUT2D eigenvalue weighted by Gasteiger charge is 2.07. The third-order valence-electron chi connectivity index (χ3n) is 3.42. The Labute approximate surface area is 116 Å². The van der Waals surface area contributed by atoms with E-state index in [0.717, 1.165) is 6.42 Å². The fourth-order valence-electron chi connectivity index (χ4n) is 2.26. The van der Waals surface area contributed by atoms with E-state index in [0.29, 0.717) is 6.04 Å². The molecular weight excluding hydrogens is 240 g/mol. The lowest BCUT2D eigenvalue weighted by Gasteiger charge is -2.14. The van der Waals surface area contributed by atoms with Crippen molar-refractivity contribution >= 4 is 11.3 Å². The second-order valence-electron chi connectivity index (χ2n) is 5.06. The first kappa shape index (κ1) is 15.7. The van der Waals surface area contributed by atoms with Crippen LogP contribution in [0.1, 0.15) is 63.2 Å². The zero-order valence-corrected chi connectivity index (χ0v) is 12.5. The summed E-state index contributed by atoms with van der Waals surface area (Å²) in [4.78, 5) is 1.43. The Bertz CT molecular complexity index is 272. The van der Waals surface area contributed by atoms with Crippen LogP contribution in [0.5, 0.6) is 0 Å². The molecule has 1 aromatic heterocycles. The van der Waals surface area contributed by atoms with Gasteiger partial charge in [0.2, 0.25) is 0 Å². The second kappa shape index (κ2) is 10.5. The molecule has 0 aliphatic carbocycles. The summed E-state index contributed by atoms with van der Waals surface area (Å²) in [6.45, 7) is 2.27. The highest BCUT2D eigenvalue weighted by atomic mass is 32.1. The van der Waals surface area contributed by atoms with Crippen LogP contribution in [0, 0.1) is 0 Å². The van der Waals surface area contributed by atoms with Crippen LogP contribution >= 0.6 is 11.3 Å². The largest absolute Gasteiger partial charge is 0.271 e. The van der Waals surface area contributed by atoms with Crippen molar-refractivity contribution in [2.75, 3.05) is 0 Å².